The monoisotopic (exact) mass is 388 g/mol. The molecule has 0 unspecified atom stereocenters. The smallest absolute Gasteiger partial charge is 0.254 e. The van der Waals surface area contributed by atoms with Crippen LogP contribution in [0.3, 0.4) is 0 Å². The van der Waals surface area contributed by atoms with Crippen LogP contribution in [0, 0.1) is 13.8 Å². The Kier molecular flexibility index (Phi) is 4.92. The molecule has 2 aromatic rings. The molecule has 2 aromatic carbocycles. The molecule has 0 aromatic heterocycles. The SMILES string of the molecule is Cc1ccc(C)c(C(=O)N2C[C@@H](O)[C@H](Nc3cccc(Br)c3)C2)c1. The first kappa shape index (κ1) is 17.0. The largest absolute Gasteiger partial charge is 0.389 e. The minimum Gasteiger partial charge on any atom is -0.389 e. The van der Waals surface area contributed by atoms with Crippen molar-refractivity contribution in [1.82, 2.24) is 4.90 Å². The first-order chi connectivity index (χ1) is 11.4. The summed E-state index contributed by atoms with van der Waals surface area (Å²) in [6.45, 7) is 4.75. The average molecular weight is 389 g/mol. The van der Waals surface area contributed by atoms with Crippen molar-refractivity contribution >= 4 is 27.5 Å². The van der Waals surface area contributed by atoms with Crippen LogP contribution in [-0.4, -0.2) is 41.1 Å². The molecular weight excluding hydrogens is 368 g/mol. The Morgan fingerprint density at radius 2 is 2.00 bits per heavy atom. The summed E-state index contributed by atoms with van der Waals surface area (Å²) >= 11 is 3.44. The van der Waals surface area contributed by atoms with Gasteiger partial charge >= 0.3 is 0 Å². The van der Waals surface area contributed by atoms with Crippen LogP contribution in [0.25, 0.3) is 0 Å². The van der Waals surface area contributed by atoms with Crippen molar-refractivity contribution < 1.29 is 9.90 Å². The molecule has 1 fully saturated rings. The van der Waals surface area contributed by atoms with Gasteiger partial charge in [0.2, 0.25) is 0 Å². The van der Waals surface area contributed by atoms with Gasteiger partial charge in [0, 0.05) is 28.8 Å². The highest BCUT2D eigenvalue weighted by molar-refractivity contribution is 9.10. The Labute approximate surface area is 150 Å². The molecule has 0 spiro atoms. The zero-order valence-electron chi connectivity index (χ0n) is 13.8. The van der Waals surface area contributed by atoms with Gasteiger partial charge in [-0.25, -0.2) is 0 Å². The predicted octanol–water partition coefficient (Wildman–Crippen LogP) is 3.36. The standard InChI is InChI=1S/C19H21BrN2O2/c1-12-6-7-13(2)16(8-12)19(24)22-10-17(18(23)11-22)21-15-5-3-4-14(20)9-15/h3-9,17-18,21,23H,10-11H2,1-2H3/t17-,18-/m1/s1. The number of benzene rings is 2. The molecule has 1 heterocycles. The number of anilines is 1. The summed E-state index contributed by atoms with van der Waals surface area (Å²) in [6, 6.07) is 13.5. The topological polar surface area (TPSA) is 52.6 Å². The highest BCUT2D eigenvalue weighted by atomic mass is 79.9. The molecule has 0 radical (unpaired) electrons. The van der Waals surface area contributed by atoms with E-state index >= 15 is 0 Å². The Balaban J connectivity index is 1.73. The van der Waals surface area contributed by atoms with Crippen LogP contribution in [0.2, 0.25) is 0 Å². The molecule has 0 saturated carbocycles. The highest BCUT2D eigenvalue weighted by Gasteiger charge is 2.34. The number of hydrogen-bond acceptors (Lipinski definition) is 3. The van der Waals surface area contributed by atoms with Crippen LogP contribution in [0.15, 0.2) is 46.9 Å². The first-order valence-corrected chi connectivity index (χ1v) is 8.80. The summed E-state index contributed by atoms with van der Waals surface area (Å²) in [5.74, 6) is -0.0196. The second-order valence-electron chi connectivity index (χ2n) is 6.36. The number of aliphatic hydroxyl groups excluding tert-OH is 1. The van der Waals surface area contributed by atoms with Gasteiger partial charge in [0.05, 0.1) is 12.1 Å². The number of rotatable bonds is 3. The van der Waals surface area contributed by atoms with Gasteiger partial charge in [-0.15, -0.1) is 0 Å². The number of aryl methyl sites for hydroxylation is 2. The number of carbonyl (C=O) groups excluding carboxylic acids is 1. The van der Waals surface area contributed by atoms with E-state index in [-0.39, 0.29) is 11.9 Å². The molecular formula is C19H21BrN2O2. The summed E-state index contributed by atoms with van der Waals surface area (Å²) in [5, 5.41) is 13.7. The van der Waals surface area contributed by atoms with E-state index in [1.54, 1.807) is 4.90 Å². The minimum atomic E-state index is -0.585. The second kappa shape index (κ2) is 6.95. The number of amides is 1. The molecule has 0 aliphatic carbocycles. The second-order valence-corrected chi connectivity index (χ2v) is 7.27. The summed E-state index contributed by atoms with van der Waals surface area (Å²) < 4.78 is 0.975. The van der Waals surface area contributed by atoms with Gasteiger partial charge in [0.1, 0.15) is 0 Å². The number of nitrogens with zero attached hydrogens (tertiary/aromatic N) is 1. The molecule has 1 aliphatic heterocycles. The van der Waals surface area contributed by atoms with E-state index in [9.17, 15) is 9.90 Å². The fourth-order valence-electron chi connectivity index (χ4n) is 3.02. The quantitative estimate of drug-likeness (QED) is 0.847. The molecule has 5 heteroatoms. The normalized spacial score (nSPS) is 20.2. The fraction of sp³-hybridized carbons (Fsp3) is 0.316. The number of likely N-dealkylation sites (tertiary alicyclic amines) is 1. The molecule has 4 nitrogen and oxygen atoms in total. The number of carbonyl (C=O) groups is 1. The van der Waals surface area contributed by atoms with Crippen molar-refractivity contribution in [1.29, 1.82) is 0 Å². The molecule has 24 heavy (non-hydrogen) atoms. The van der Waals surface area contributed by atoms with Crippen molar-refractivity contribution in [2.75, 3.05) is 18.4 Å². The van der Waals surface area contributed by atoms with E-state index in [4.69, 9.17) is 0 Å². The van der Waals surface area contributed by atoms with Crippen molar-refractivity contribution in [3.63, 3.8) is 0 Å². The van der Waals surface area contributed by atoms with Gasteiger partial charge in [-0.2, -0.15) is 0 Å². The number of hydrogen-bond donors (Lipinski definition) is 2. The Bertz CT molecular complexity index is 763. The van der Waals surface area contributed by atoms with Crippen LogP contribution < -0.4 is 5.32 Å². The number of halogens is 1. The lowest BCUT2D eigenvalue weighted by Crippen LogP contribution is -2.33. The maximum Gasteiger partial charge on any atom is 0.254 e. The molecule has 1 aliphatic rings. The molecule has 3 rings (SSSR count). The van der Waals surface area contributed by atoms with Crippen LogP contribution in [0.5, 0.6) is 0 Å². The first-order valence-electron chi connectivity index (χ1n) is 8.01. The van der Waals surface area contributed by atoms with Crippen molar-refractivity contribution in [2.45, 2.75) is 26.0 Å². The van der Waals surface area contributed by atoms with Crippen LogP contribution in [0.1, 0.15) is 21.5 Å². The summed E-state index contributed by atoms with van der Waals surface area (Å²) in [7, 11) is 0. The Hall–Kier alpha value is -1.85. The fourth-order valence-corrected chi connectivity index (χ4v) is 3.42. The summed E-state index contributed by atoms with van der Waals surface area (Å²) in [5.41, 5.74) is 3.66. The zero-order valence-corrected chi connectivity index (χ0v) is 15.4. The van der Waals surface area contributed by atoms with E-state index < -0.39 is 6.10 Å². The third-order valence-corrected chi connectivity index (χ3v) is 4.87. The van der Waals surface area contributed by atoms with E-state index in [0.29, 0.717) is 18.7 Å². The molecule has 1 saturated heterocycles. The molecule has 2 N–H and O–H groups in total. The average Bonchev–Trinajstić information content (AvgIpc) is 2.90. The van der Waals surface area contributed by atoms with Gasteiger partial charge in [0.15, 0.2) is 0 Å². The van der Waals surface area contributed by atoms with Crippen LogP contribution in [-0.2, 0) is 0 Å². The van der Waals surface area contributed by atoms with Gasteiger partial charge in [-0.05, 0) is 43.7 Å². The number of nitrogens with one attached hydrogen (secondary N) is 1. The van der Waals surface area contributed by atoms with Crippen molar-refractivity contribution in [2.24, 2.45) is 0 Å². The van der Waals surface area contributed by atoms with E-state index in [1.807, 2.05) is 56.3 Å². The summed E-state index contributed by atoms with van der Waals surface area (Å²) in [6.07, 6.45) is -0.585. The lowest BCUT2D eigenvalue weighted by Gasteiger charge is -2.19. The molecule has 0 bridgehead atoms. The Morgan fingerprint density at radius 1 is 1.21 bits per heavy atom. The van der Waals surface area contributed by atoms with E-state index in [1.165, 1.54) is 0 Å². The minimum absolute atomic E-state index is 0.0196. The van der Waals surface area contributed by atoms with E-state index in [0.717, 1.165) is 21.3 Å². The summed E-state index contributed by atoms with van der Waals surface area (Å²) in [4.78, 5) is 14.5. The zero-order chi connectivity index (χ0) is 17.3. The van der Waals surface area contributed by atoms with Crippen molar-refractivity contribution in [3.8, 4) is 0 Å². The van der Waals surface area contributed by atoms with Gasteiger partial charge in [-0.1, -0.05) is 39.7 Å². The molecule has 2 atom stereocenters. The maximum atomic E-state index is 12.8. The molecule has 126 valence electrons. The van der Waals surface area contributed by atoms with Gasteiger partial charge < -0.3 is 15.3 Å². The van der Waals surface area contributed by atoms with Gasteiger partial charge in [0.25, 0.3) is 5.91 Å². The third kappa shape index (κ3) is 3.62. The third-order valence-electron chi connectivity index (χ3n) is 4.38. The number of β-amino-alcohol motifs (C(OH)–C–C–N with tert-alkyl or cyclic N) is 1. The van der Waals surface area contributed by atoms with Crippen molar-refractivity contribution in [3.05, 3.63) is 63.6 Å². The lowest BCUT2D eigenvalue weighted by molar-refractivity contribution is 0.0764. The predicted molar refractivity (Wildman–Crippen MR) is 99.4 cm³/mol. The number of aliphatic hydroxyl groups is 1. The van der Waals surface area contributed by atoms with E-state index in [2.05, 4.69) is 21.2 Å². The Morgan fingerprint density at radius 3 is 2.75 bits per heavy atom. The maximum absolute atomic E-state index is 12.8. The van der Waals surface area contributed by atoms with Gasteiger partial charge in [-0.3, -0.25) is 4.79 Å². The van der Waals surface area contributed by atoms with Crippen LogP contribution in [0.4, 0.5) is 5.69 Å². The van der Waals surface area contributed by atoms with Crippen LogP contribution >= 0.6 is 15.9 Å². The highest BCUT2D eigenvalue weighted by Crippen LogP contribution is 2.22. The lowest BCUT2D eigenvalue weighted by atomic mass is 10.0. The molecule has 1 amide bonds.